The Labute approximate surface area is 751 Å². The molecule has 14 heterocycles. The number of fused-ring (bicyclic) bond motifs is 3. The summed E-state index contributed by atoms with van der Waals surface area (Å²) in [7, 11) is -4.03. The van der Waals surface area contributed by atoms with Crippen LogP contribution in [0.25, 0.3) is 33.5 Å². The molecule has 61 heteroatoms. The number of rotatable bonds is 38. The molecule has 15 atom stereocenters. The summed E-state index contributed by atoms with van der Waals surface area (Å²) >= 11 is 0. The molecule has 6 fully saturated rings. The lowest BCUT2D eigenvalue weighted by molar-refractivity contribution is -0.133. The molecular formula is C70H114N33O23P5. The van der Waals surface area contributed by atoms with Crippen LogP contribution in [-0.2, 0) is 83.3 Å². The van der Waals surface area contributed by atoms with Gasteiger partial charge in [-0.1, -0.05) is 0 Å². The van der Waals surface area contributed by atoms with Gasteiger partial charge in [0.1, 0.15) is 60.6 Å². The minimum atomic E-state index is -4.47. The van der Waals surface area contributed by atoms with Crippen molar-refractivity contribution >= 4 is 107 Å². The molecule has 131 heavy (non-hydrogen) atoms. The number of H-pyrrole nitrogens is 1. The second kappa shape index (κ2) is 41.9. The van der Waals surface area contributed by atoms with Crippen molar-refractivity contribution in [2.75, 3.05) is 270 Å². The molecule has 0 radical (unpaired) electrons. The normalized spacial score (nSPS) is 25.3. The van der Waals surface area contributed by atoms with Gasteiger partial charge < -0.3 is 99.2 Å². The van der Waals surface area contributed by atoms with Crippen LogP contribution in [0.5, 0.6) is 0 Å². The Balaban J connectivity index is 0.706. The maximum atomic E-state index is 16.5. The number of carbonyl (C=O) groups is 1. The molecule has 12 N–H and O–H groups in total. The SMILES string of the molecule is CN1C[C@@H](COP(=O)(N(C)C)N2C[C@@H](COP(=O)(N(C)C)N3C[C@@H](COP(=O)(N(C)C)N4C[C@@H](COP(=O)(N(C)C)N5C[C@@H](COP(=O)(N(C)C)N6CCN(C(=O)OCCOCCOCCO)CC6)O[C@@H](n6ccc(N)nc6=O)C5)O[C@@H](n5ccc(N)nc5=O)C4)O[C@@H](n4cnc5c(N)ncnc54)C3)O[C@@H](n3cnc4c(=O)[nH]c(N)nc43)C2)O[C@@H](n2cnc3c(N)ncnc32)C1. The van der Waals surface area contributed by atoms with Gasteiger partial charge >= 0.3 is 55.8 Å². The molecule has 0 spiro atoms. The summed E-state index contributed by atoms with van der Waals surface area (Å²) in [4.78, 5) is 103. The van der Waals surface area contributed by atoms with Crippen LogP contribution in [0.15, 0.2) is 70.5 Å². The number of imidazole rings is 3. The minimum absolute atomic E-state index is 0.0306. The third kappa shape index (κ3) is 21.8. The van der Waals surface area contributed by atoms with Gasteiger partial charge in [-0.3, -0.25) is 60.3 Å². The van der Waals surface area contributed by atoms with Gasteiger partial charge in [-0.2, -0.15) is 15.0 Å². The molecule has 56 nitrogen and oxygen atoms in total. The second-order valence-electron chi connectivity index (χ2n) is 32.5. The average Bonchev–Trinajstić information content (AvgIpc) is 1.76. The van der Waals surface area contributed by atoms with Crippen LogP contribution in [-0.4, -0.2) is 418 Å². The Morgan fingerprint density at radius 1 is 0.427 bits per heavy atom. The quantitative estimate of drug-likeness (QED) is 0.0181. The van der Waals surface area contributed by atoms with Crippen LogP contribution in [0.4, 0.5) is 34.0 Å². The first-order chi connectivity index (χ1) is 62.4. The van der Waals surface area contributed by atoms with Crippen LogP contribution in [0.3, 0.4) is 0 Å². The van der Waals surface area contributed by atoms with Gasteiger partial charge in [0.2, 0.25) is 5.95 Å². The van der Waals surface area contributed by atoms with E-state index in [1.807, 2.05) is 11.9 Å². The second-order valence-corrected chi connectivity index (χ2v) is 45.5. The highest BCUT2D eigenvalue weighted by Gasteiger charge is 2.52. The molecule has 0 bridgehead atoms. The molecule has 8 aromatic rings. The highest BCUT2D eigenvalue weighted by Crippen LogP contribution is 2.61. The highest BCUT2D eigenvalue weighted by molar-refractivity contribution is 7.55. The molecule has 6 saturated heterocycles. The van der Waals surface area contributed by atoms with Crippen LogP contribution >= 0.6 is 38.4 Å². The number of ether oxygens (including phenoxy) is 8. The molecule has 5 unspecified atom stereocenters. The van der Waals surface area contributed by atoms with E-state index in [9.17, 15) is 19.2 Å². The van der Waals surface area contributed by atoms with Gasteiger partial charge in [-0.05, 0) is 89.7 Å². The third-order valence-electron chi connectivity index (χ3n) is 22.4. The predicted octanol–water partition coefficient (Wildman–Crippen LogP) is -0.938. The lowest BCUT2D eigenvalue weighted by Crippen LogP contribution is -2.51. The van der Waals surface area contributed by atoms with Crippen molar-refractivity contribution in [3.63, 3.8) is 0 Å². The van der Waals surface area contributed by atoms with E-state index in [4.69, 9.17) is 94.3 Å². The number of likely N-dealkylation sites (N-methyl/N-ethyl adjacent to an activating group) is 1. The first-order valence-electron chi connectivity index (χ1n) is 41.7. The molecule has 722 valence electrons. The zero-order chi connectivity index (χ0) is 93.8. The highest BCUT2D eigenvalue weighted by atomic mass is 31.2. The summed E-state index contributed by atoms with van der Waals surface area (Å²) in [5.41, 5.74) is 29.6. The zero-order valence-electron chi connectivity index (χ0n) is 74.3. The Bertz CT molecular complexity index is 5750. The van der Waals surface area contributed by atoms with Gasteiger partial charge in [0.25, 0.3) is 5.56 Å². The first kappa shape index (κ1) is 98.7. The number of aromatic nitrogens is 16. The minimum Gasteiger partial charge on any atom is -0.447 e. The van der Waals surface area contributed by atoms with E-state index in [2.05, 4.69) is 54.8 Å². The van der Waals surface area contributed by atoms with E-state index in [0.29, 0.717) is 24.3 Å². The molecule has 6 aliphatic rings. The summed E-state index contributed by atoms with van der Waals surface area (Å²) in [5.74, 6) is -0.181. The van der Waals surface area contributed by atoms with Gasteiger partial charge in [-0.15, -0.1) is 0 Å². The number of aromatic amines is 1. The zero-order valence-corrected chi connectivity index (χ0v) is 78.7. The summed E-state index contributed by atoms with van der Waals surface area (Å²) in [6, 6.07) is 2.75. The van der Waals surface area contributed by atoms with Gasteiger partial charge in [-0.25, -0.2) is 96.0 Å². The van der Waals surface area contributed by atoms with Crippen LogP contribution in [0.1, 0.15) is 31.1 Å². The number of nitrogen functional groups attached to an aromatic ring is 5. The number of nitrogens with two attached hydrogens (primary N) is 5. The van der Waals surface area contributed by atoms with Crippen molar-refractivity contribution in [3.05, 3.63) is 87.5 Å². The number of hydrogen-bond donors (Lipinski definition) is 7. The van der Waals surface area contributed by atoms with Crippen LogP contribution in [0.2, 0.25) is 0 Å². The number of morpholine rings is 5. The molecule has 6 aliphatic heterocycles. The summed E-state index contributed by atoms with van der Waals surface area (Å²) in [6.45, 7) is -2.19. The smallest absolute Gasteiger partial charge is 0.409 e. The number of piperazine rings is 1. The predicted molar refractivity (Wildman–Crippen MR) is 471 cm³/mol. The Hall–Kier alpha value is -8.33. The van der Waals surface area contributed by atoms with Crippen LogP contribution < -0.4 is 45.6 Å². The van der Waals surface area contributed by atoms with Gasteiger partial charge in [0, 0.05) is 77.8 Å². The van der Waals surface area contributed by atoms with Crippen molar-refractivity contribution in [1.82, 2.24) is 134 Å². The van der Waals surface area contributed by atoms with Crippen molar-refractivity contribution < 1.29 is 93.2 Å². The lowest BCUT2D eigenvalue weighted by atomic mass is 10.3. The van der Waals surface area contributed by atoms with E-state index in [1.165, 1.54) is 125 Å². The lowest BCUT2D eigenvalue weighted by Gasteiger charge is -2.46. The maximum absolute atomic E-state index is 16.5. The van der Waals surface area contributed by atoms with E-state index < -0.39 is 149 Å². The number of nitrogens with zero attached hydrogens (tertiary/aromatic N) is 27. The molecule has 0 aromatic carbocycles. The standard InChI is InChI=1S/C70H114N33O23P5/c1-87(2)127(109,94-18-16-93(17-19-94)70(108)116-25-24-115-23-22-114-21-20-104)117-37-47-27-95(32-54(123-47)99-14-12-51(71)83-68(99)106)128(110,88(3)4)119-38-48-28-96(33-55(124-48)100-15-13-52(72)84-69(100)107)129(111,89(5)6)120-39-49-29-97(34-56(125-49)102-44-81-59-62(74)77-42-79-64(59)102)131(113,91(9)10)121-40-50-30-98(35-57(126-50)103-45-82-60-65(103)85-67(75)86-66(60)105)130(112,90(7)8)118-36-46-26-92(11)31-53(122-46)101-43-80-58-61(73)76-41-78-63(58)101/h12-15,41-50,53-57,104H,16-40H2,1-11H3,(H2,71,83,106)(H2,72,84,107)(H2,73,76,78)(H2,74,77,79)(H3,75,85,86,105)/t46-,47-,48-,49-,50-,53+,54+,55+,56+,57+,127?,128?,129?,130?,131?/m0/s1. The number of aliphatic hydroxyl groups excluding tert-OH is 1. The average molecular weight is 1940 g/mol. The molecular weight excluding hydrogens is 1830 g/mol. The number of hydrogen-bond acceptors (Lipinski definition) is 39. The van der Waals surface area contributed by atoms with Crippen molar-refractivity contribution in [2.24, 2.45) is 0 Å². The van der Waals surface area contributed by atoms with Crippen molar-refractivity contribution in [1.29, 1.82) is 0 Å². The number of amides is 1. The summed E-state index contributed by atoms with van der Waals surface area (Å²) in [6.07, 6.45) is -1.77. The van der Waals surface area contributed by atoms with Gasteiger partial charge in [0.05, 0.1) is 142 Å². The summed E-state index contributed by atoms with van der Waals surface area (Å²) < 4.78 is 185. The number of anilines is 5. The molecule has 1 amide bonds. The molecule has 8 aromatic heterocycles. The fourth-order valence-electron chi connectivity index (χ4n) is 15.8. The van der Waals surface area contributed by atoms with Gasteiger partial charge in [0.15, 0.2) is 46.5 Å². The third-order valence-corrected chi connectivity index (χ3v) is 35.1. The Morgan fingerprint density at radius 3 is 1.15 bits per heavy atom. The largest absolute Gasteiger partial charge is 0.447 e. The van der Waals surface area contributed by atoms with Crippen molar-refractivity contribution in [2.45, 2.75) is 61.7 Å². The Morgan fingerprint density at radius 2 is 0.771 bits per heavy atom. The van der Waals surface area contributed by atoms with E-state index in [0.717, 1.165) is 9.13 Å². The molecule has 0 aliphatic carbocycles. The fraction of sp³-hybridized carbons (Fsp3) is 0.657. The fourth-order valence-corrected chi connectivity index (χ4v) is 25.7. The number of carbonyl (C=O) groups excluding carboxylic acids is 1. The monoisotopic (exact) mass is 1940 g/mol. The number of aliphatic hydroxyl groups is 1. The van der Waals surface area contributed by atoms with Crippen LogP contribution in [0, 0.1) is 0 Å². The van der Waals surface area contributed by atoms with E-state index in [-0.39, 0.29) is 176 Å². The first-order valence-corrected chi connectivity index (χ1v) is 49.4. The number of nitrogens with one attached hydrogen (secondary N) is 1. The van der Waals surface area contributed by atoms with Crippen molar-refractivity contribution in [3.8, 4) is 0 Å². The molecule has 0 saturated carbocycles. The molecule has 14 rings (SSSR count). The maximum Gasteiger partial charge on any atom is 0.409 e. The Kier molecular flexibility index (Phi) is 31.5. The summed E-state index contributed by atoms with van der Waals surface area (Å²) in [5, 5.41) is 8.93. The topological polar surface area (TPSA) is 632 Å². The van der Waals surface area contributed by atoms with E-state index in [1.54, 1.807) is 67.1 Å². The van der Waals surface area contributed by atoms with E-state index >= 15 is 22.8 Å².